The number of halogens is 2. The van der Waals surface area contributed by atoms with Crippen molar-refractivity contribution in [2.24, 2.45) is 5.92 Å². The van der Waals surface area contributed by atoms with Crippen LogP contribution in [0.2, 0.25) is 5.02 Å². The standard InChI is InChI=1S/C52H59ClFN6O6PS2/c1-36(2)59-37(3)52(69(6,64)65)50(51(59)39-12-15-42(53)16-13-39)41-31-43(54)33-46(32-41)57-26-24-56(25-27-57)44-17-19-45(20-18-44)58-28-29-66-67(58,63)47-21-14-40(49(34-47)60(61)62)30-38(22-23-55(4)5)35-68-48-10-8-7-9-11-48/h7-21,31-34,36,38H,22-30,35H2,1-6H3/t38-,67+/m0/s1. The maximum Gasteiger partial charge on any atom is 0.326 e. The van der Waals surface area contributed by atoms with Gasteiger partial charge in [0.15, 0.2) is 9.84 Å². The molecule has 2 aliphatic heterocycles. The van der Waals surface area contributed by atoms with Crippen LogP contribution < -0.4 is 19.8 Å². The third-order valence-corrected chi connectivity index (χ3v) is 18.2. The molecule has 0 radical (unpaired) electrons. The van der Waals surface area contributed by atoms with Crippen molar-refractivity contribution >= 4 is 68.8 Å². The van der Waals surface area contributed by atoms with Crippen molar-refractivity contribution in [3.63, 3.8) is 0 Å². The van der Waals surface area contributed by atoms with Crippen LogP contribution in [-0.2, 0) is 25.3 Å². The van der Waals surface area contributed by atoms with E-state index >= 15 is 4.39 Å². The second-order valence-electron chi connectivity index (χ2n) is 18.4. The highest BCUT2D eigenvalue weighted by Crippen LogP contribution is 2.56. The highest BCUT2D eigenvalue weighted by atomic mass is 35.5. The van der Waals surface area contributed by atoms with Gasteiger partial charge in [0.05, 0.1) is 34.0 Å². The molecule has 6 aromatic rings. The Bertz CT molecular complexity index is 2970. The third kappa shape index (κ3) is 11.1. The second kappa shape index (κ2) is 21.1. The molecule has 2 fully saturated rings. The number of sulfone groups is 1. The molecular weight excluding hydrogens is 954 g/mol. The lowest BCUT2D eigenvalue weighted by atomic mass is 9.96. The van der Waals surface area contributed by atoms with E-state index in [2.05, 4.69) is 26.8 Å². The predicted octanol–water partition coefficient (Wildman–Crippen LogP) is 11.4. The largest absolute Gasteiger partial charge is 0.368 e. The van der Waals surface area contributed by atoms with Crippen LogP contribution in [0.5, 0.6) is 0 Å². The van der Waals surface area contributed by atoms with Crippen molar-refractivity contribution in [2.75, 3.05) is 86.4 Å². The molecular formula is C52H59ClFN6O6PS2. The van der Waals surface area contributed by atoms with E-state index in [1.807, 2.05) is 93.2 Å². The molecule has 0 bridgehead atoms. The van der Waals surface area contributed by atoms with Gasteiger partial charge in [-0.05, 0) is 144 Å². The summed E-state index contributed by atoms with van der Waals surface area (Å²) >= 11 is 8.02. The summed E-state index contributed by atoms with van der Waals surface area (Å²) in [6.07, 6.45) is 2.59. The molecule has 69 heavy (non-hydrogen) atoms. The van der Waals surface area contributed by atoms with Crippen molar-refractivity contribution in [3.05, 3.63) is 147 Å². The van der Waals surface area contributed by atoms with Crippen LogP contribution in [-0.4, -0.2) is 94.8 Å². The van der Waals surface area contributed by atoms with Gasteiger partial charge < -0.3 is 23.8 Å². The summed E-state index contributed by atoms with van der Waals surface area (Å²) in [7, 11) is -3.38. The van der Waals surface area contributed by atoms with Gasteiger partial charge in [-0.3, -0.25) is 19.3 Å². The maximum atomic E-state index is 15.8. The Morgan fingerprint density at radius 1 is 0.855 bits per heavy atom. The van der Waals surface area contributed by atoms with Gasteiger partial charge in [0.2, 0.25) is 0 Å². The molecule has 0 saturated carbocycles. The van der Waals surface area contributed by atoms with Gasteiger partial charge in [-0.1, -0.05) is 48.0 Å². The van der Waals surface area contributed by atoms with Crippen molar-refractivity contribution in [1.29, 1.82) is 0 Å². The van der Waals surface area contributed by atoms with Gasteiger partial charge in [-0.2, -0.15) is 0 Å². The Hall–Kier alpha value is -5.15. The zero-order valence-corrected chi connectivity index (χ0v) is 43.1. The minimum atomic E-state index is -3.75. The first kappa shape index (κ1) is 50.2. The van der Waals surface area contributed by atoms with E-state index in [9.17, 15) is 23.1 Å². The molecule has 17 heteroatoms. The molecule has 0 spiro atoms. The summed E-state index contributed by atoms with van der Waals surface area (Å²) in [5, 5.41) is 13.4. The van der Waals surface area contributed by atoms with Gasteiger partial charge >= 0.3 is 7.52 Å². The van der Waals surface area contributed by atoms with E-state index in [0.717, 1.165) is 34.9 Å². The highest BCUT2D eigenvalue weighted by molar-refractivity contribution is 7.99. The third-order valence-electron chi connectivity index (χ3n) is 12.9. The topological polar surface area (TPSA) is 121 Å². The monoisotopic (exact) mass is 1010 g/mol. The molecule has 5 aromatic carbocycles. The number of anilines is 3. The molecule has 2 atom stereocenters. The van der Waals surface area contributed by atoms with Gasteiger partial charge in [0.1, 0.15) is 5.82 Å². The van der Waals surface area contributed by atoms with Crippen LogP contribution in [0.3, 0.4) is 0 Å². The summed E-state index contributed by atoms with van der Waals surface area (Å²) < 4.78 is 67.4. The van der Waals surface area contributed by atoms with Crippen molar-refractivity contribution in [3.8, 4) is 22.4 Å². The number of aromatic nitrogens is 1. The SMILES string of the molecule is Cc1c(S(C)(=O)=O)c(-c2cc(F)cc(N3CCN(c4ccc(N5CCO[P@]5(=O)c5ccc(C[C@H](CCN(C)C)CSc6ccccc6)c([N+](=O)[O-])c5)cc4)CC3)c2)c(-c2ccc(Cl)cc2)n1C(C)C. The number of piperazine rings is 1. The molecule has 0 amide bonds. The van der Waals surface area contributed by atoms with Crippen LogP contribution in [0.25, 0.3) is 22.4 Å². The van der Waals surface area contributed by atoms with Crippen LogP contribution in [0.15, 0.2) is 125 Å². The number of nitro groups is 1. The lowest BCUT2D eigenvalue weighted by Crippen LogP contribution is -2.46. The summed E-state index contributed by atoms with van der Waals surface area (Å²) in [4.78, 5) is 20.0. The molecule has 2 aliphatic rings. The van der Waals surface area contributed by atoms with Crippen molar-refractivity contribution in [2.45, 2.75) is 49.4 Å². The first-order chi connectivity index (χ1) is 32.9. The molecule has 0 aliphatic carbocycles. The summed E-state index contributed by atoms with van der Waals surface area (Å²) in [6, 6.07) is 34.8. The zero-order valence-electron chi connectivity index (χ0n) is 39.8. The number of nitrogens with zero attached hydrogens (tertiary/aromatic N) is 6. The van der Waals surface area contributed by atoms with E-state index in [0.29, 0.717) is 88.9 Å². The number of thioether (sulfide) groups is 1. The predicted molar refractivity (Wildman–Crippen MR) is 281 cm³/mol. The lowest BCUT2D eigenvalue weighted by Gasteiger charge is -2.37. The number of benzene rings is 5. The zero-order chi connectivity index (χ0) is 49.2. The van der Waals surface area contributed by atoms with E-state index in [4.69, 9.17) is 16.1 Å². The molecule has 0 N–H and O–H groups in total. The summed E-state index contributed by atoms with van der Waals surface area (Å²) in [5.41, 5.74) is 5.83. The molecule has 364 valence electrons. The molecule has 1 aromatic heterocycles. The Labute approximate surface area is 414 Å². The average Bonchev–Trinajstić information content (AvgIpc) is 3.88. The minimum Gasteiger partial charge on any atom is -0.368 e. The van der Waals surface area contributed by atoms with Crippen molar-refractivity contribution < 1.29 is 26.8 Å². The van der Waals surface area contributed by atoms with E-state index in [1.165, 1.54) is 24.5 Å². The fourth-order valence-corrected chi connectivity index (χ4v) is 14.3. The molecule has 12 nitrogen and oxygen atoms in total. The van der Waals surface area contributed by atoms with Gasteiger partial charge in [0.25, 0.3) is 5.69 Å². The number of rotatable bonds is 17. The number of hydrogen-bond donors (Lipinski definition) is 0. The Morgan fingerprint density at radius 3 is 2.13 bits per heavy atom. The normalized spacial score (nSPS) is 17.0. The Balaban J connectivity index is 0.987. The average molecular weight is 1010 g/mol. The van der Waals surface area contributed by atoms with E-state index in [-0.39, 0.29) is 34.1 Å². The number of nitro benzene ring substituents is 1. The quantitative estimate of drug-likeness (QED) is 0.0376. The Morgan fingerprint density at radius 2 is 1.51 bits per heavy atom. The summed E-state index contributed by atoms with van der Waals surface area (Å²) in [5.74, 6) is 0.518. The summed E-state index contributed by atoms with van der Waals surface area (Å²) in [6.45, 7) is 9.62. The fraction of sp³-hybridized carbons (Fsp3) is 0.346. The van der Waals surface area contributed by atoms with Crippen LogP contribution in [0, 0.1) is 28.8 Å². The smallest absolute Gasteiger partial charge is 0.326 e. The fourth-order valence-electron chi connectivity index (χ4n) is 9.65. The van der Waals surface area contributed by atoms with Crippen LogP contribution in [0.4, 0.5) is 27.1 Å². The maximum absolute atomic E-state index is 15.8. The molecule has 8 rings (SSSR count). The second-order valence-corrected chi connectivity index (χ2v) is 24.2. The molecule has 3 heterocycles. The lowest BCUT2D eigenvalue weighted by molar-refractivity contribution is -0.385. The highest BCUT2D eigenvalue weighted by Gasteiger charge is 2.41. The van der Waals surface area contributed by atoms with Crippen molar-refractivity contribution in [1.82, 2.24) is 9.47 Å². The molecule has 0 unspecified atom stereocenters. The first-order valence-electron chi connectivity index (χ1n) is 23.2. The van der Waals surface area contributed by atoms with Gasteiger partial charge in [-0.25, -0.2) is 12.8 Å². The van der Waals surface area contributed by atoms with Crippen LogP contribution in [0.1, 0.15) is 37.6 Å². The minimum absolute atomic E-state index is 0.0524. The first-order valence-corrected chi connectivity index (χ1v) is 28.0. The van der Waals surface area contributed by atoms with Gasteiger partial charge in [0, 0.05) is 94.1 Å². The van der Waals surface area contributed by atoms with Gasteiger partial charge in [-0.15, -0.1) is 11.8 Å². The van der Waals surface area contributed by atoms with Crippen LogP contribution >= 0.6 is 30.9 Å². The molecule has 2 saturated heterocycles. The Kier molecular flexibility index (Phi) is 15.3. The number of hydrogen-bond acceptors (Lipinski definition) is 10. The van der Waals surface area contributed by atoms with E-state index < -0.39 is 23.2 Å². The van der Waals surface area contributed by atoms with E-state index in [1.54, 1.807) is 47.6 Å².